The fourth-order valence-corrected chi connectivity index (χ4v) is 1.49. The lowest BCUT2D eigenvalue weighted by molar-refractivity contribution is -0.155. The fraction of sp³-hybridized carbons (Fsp3) is 0.750. The van der Waals surface area contributed by atoms with Crippen molar-refractivity contribution < 1.29 is 14.6 Å². The largest absolute Gasteiger partial charge is 0.464 e. The number of unbranched alkanes of at least 4 members (excludes halogenated alkanes) is 1. The maximum Gasteiger partial charge on any atom is 0.335 e. The van der Waals surface area contributed by atoms with Crippen molar-refractivity contribution in [3.8, 4) is 0 Å². The number of aliphatic hydroxyl groups excluding tert-OH is 1. The Kier molecular flexibility index (Phi) is 7.05. The van der Waals surface area contributed by atoms with Gasteiger partial charge >= 0.3 is 5.97 Å². The van der Waals surface area contributed by atoms with Crippen molar-refractivity contribution >= 4 is 5.97 Å². The molecule has 0 radical (unpaired) electrons. The van der Waals surface area contributed by atoms with Crippen LogP contribution in [0.1, 0.15) is 40.0 Å². The van der Waals surface area contributed by atoms with Crippen LogP contribution in [0, 0.1) is 5.92 Å². The summed E-state index contributed by atoms with van der Waals surface area (Å²) in [5.74, 6) is -0.717. The highest BCUT2D eigenvalue weighted by Gasteiger charge is 2.27. The quantitative estimate of drug-likeness (QED) is 0.522. The minimum absolute atomic E-state index is 0.177. The average molecular weight is 214 g/mol. The van der Waals surface area contributed by atoms with Gasteiger partial charge in [-0.1, -0.05) is 31.9 Å². The lowest BCUT2D eigenvalue weighted by Gasteiger charge is -2.21. The first-order valence-electron chi connectivity index (χ1n) is 5.54. The summed E-state index contributed by atoms with van der Waals surface area (Å²) in [7, 11) is 0. The number of hydrogen-bond donors (Lipinski definition) is 1. The summed E-state index contributed by atoms with van der Waals surface area (Å²) in [6, 6.07) is 0. The van der Waals surface area contributed by atoms with Gasteiger partial charge in [0.05, 0.1) is 6.61 Å². The van der Waals surface area contributed by atoms with E-state index in [9.17, 15) is 9.90 Å². The van der Waals surface area contributed by atoms with Crippen LogP contribution in [0.15, 0.2) is 12.2 Å². The van der Waals surface area contributed by atoms with Crippen LogP contribution in [-0.2, 0) is 9.53 Å². The Morgan fingerprint density at radius 2 is 2.07 bits per heavy atom. The van der Waals surface area contributed by atoms with E-state index in [1.807, 2.05) is 6.92 Å². The summed E-state index contributed by atoms with van der Waals surface area (Å²) in [5, 5.41) is 9.77. The first-order valence-corrected chi connectivity index (χ1v) is 5.54. The summed E-state index contributed by atoms with van der Waals surface area (Å²) < 4.78 is 4.78. The van der Waals surface area contributed by atoms with E-state index in [1.54, 1.807) is 6.92 Å². The van der Waals surface area contributed by atoms with E-state index >= 15 is 0 Å². The number of rotatable bonds is 7. The molecular weight excluding hydrogens is 192 g/mol. The molecule has 0 amide bonds. The minimum atomic E-state index is -1.06. The Labute approximate surface area is 92.1 Å². The molecule has 0 aliphatic rings. The van der Waals surface area contributed by atoms with Gasteiger partial charge in [0.25, 0.3) is 0 Å². The van der Waals surface area contributed by atoms with Gasteiger partial charge in [-0.15, -0.1) is 0 Å². The molecule has 1 N–H and O–H groups in total. The van der Waals surface area contributed by atoms with Crippen molar-refractivity contribution in [2.24, 2.45) is 5.92 Å². The SMILES string of the molecule is C=C(C)C(CCCC)[C@@H](O)C(=O)OCC. The van der Waals surface area contributed by atoms with Crippen molar-refractivity contribution in [3.05, 3.63) is 12.2 Å². The highest BCUT2D eigenvalue weighted by atomic mass is 16.5. The second-order valence-electron chi connectivity index (χ2n) is 3.79. The third kappa shape index (κ3) is 4.98. The van der Waals surface area contributed by atoms with Crippen molar-refractivity contribution in [1.82, 2.24) is 0 Å². The molecule has 1 unspecified atom stereocenters. The Bertz CT molecular complexity index is 211. The molecule has 15 heavy (non-hydrogen) atoms. The first-order chi connectivity index (χ1) is 7.04. The summed E-state index contributed by atoms with van der Waals surface area (Å²) in [4.78, 5) is 11.3. The predicted octanol–water partition coefficient (Wildman–Crippen LogP) is 2.29. The lowest BCUT2D eigenvalue weighted by atomic mass is 9.90. The number of hydrogen-bond acceptors (Lipinski definition) is 3. The second kappa shape index (κ2) is 7.46. The second-order valence-corrected chi connectivity index (χ2v) is 3.79. The third-order valence-corrected chi connectivity index (χ3v) is 2.41. The molecule has 0 heterocycles. The highest BCUT2D eigenvalue weighted by Crippen LogP contribution is 2.21. The summed E-state index contributed by atoms with van der Waals surface area (Å²) in [6.45, 7) is 9.74. The van der Waals surface area contributed by atoms with E-state index in [1.165, 1.54) is 0 Å². The molecule has 0 aliphatic heterocycles. The van der Waals surface area contributed by atoms with Gasteiger partial charge in [-0.2, -0.15) is 0 Å². The van der Waals surface area contributed by atoms with E-state index in [0.717, 1.165) is 24.8 Å². The van der Waals surface area contributed by atoms with Crippen LogP contribution in [0.3, 0.4) is 0 Å². The Hall–Kier alpha value is -0.830. The highest BCUT2D eigenvalue weighted by molar-refractivity contribution is 5.75. The van der Waals surface area contributed by atoms with Gasteiger partial charge in [-0.3, -0.25) is 0 Å². The summed E-state index contributed by atoms with van der Waals surface area (Å²) >= 11 is 0. The van der Waals surface area contributed by atoms with Crippen LogP contribution in [0.4, 0.5) is 0 Å². The molecule has 0 rings (SSSR count). The molecule has 2 atom stereocenters. The molecule has 0 fully saturated rings. The normalized spacial score (nSPS) is 14.4. The van der Waals surface area contributed by atoms with Crippen molar-refractivity contribution in [1.29, 1.82) is 0 Å². The molecule has 0 saturated heterocycles. The number of aliphatic hydroxyl groups is 1. The van der Waals surface area contributed by atoms with Gasteiger partial charge in [0.2, 0.25) is 0 Å². The molecular formula is C12H22O3. The van der Waals surface area contributed by atoms with Crippen LogP contribution in [0.25, 0.3) is 0 Å². The molecule has 3 heteroatoms. The van der Waals surface area contributed by atoms with Gasteiger partial charge in [0, 0.05) is 5.92 Å². The predicted molar refractivity (Wildman–Crippen MR) is 60.5 cm³/mol. The molecule has 0 aromatic heterocycles. The molecule has 0 bridgehead atoms. The molecule has 0 aromatic rings. The van der Waals surface area contributed by atoms with Crippen LogP contribution in [0.2, 0.25) is 0 Å². The first kappa shape index (κ1) is 14.2. The van der Waals surface area contributed by atoms with E-state index in [-0.39, 0.29) is 5.92 Å². The average Bonchev–Trinajstić information content (AvgIpc) is 2.18. The van der Waals surface area contributed by atoms with E-state index < -0.39 is 12.1 Å². The smallest absolute Gasteiger partial charge is 0.335 e. The van der Waals surface area contributed by atoms with Crippen LogP contribution in [0.5, 0.6) is 0 Å². The summed E-state index contributed by atoms with van der Waals surface area (Å²) in [6.07, 6.45) is 1.74. The number of ether oxygens (including phenoxy) is 1. The number of carbonyl (C=O) groups excluding carboxylic acids is 1. The van der Waals surface area contributed by atoms with Gasteiger partial charge < -0.3 is 9.84 Å². The number of carbonyl (C=O) groups is 1. The van der Waals surface area contributed by atoms with Gasteiger partial charge in [0.15, 0.2) is 6.10 Å². The lowest BCUT2D eigenvalue weighted by Crippen LogP contribution is -2.32. The standard InChI is InChI=1S/C12H22O3/c1-5-7-8-10(9(3)4)11(13)12(14)15-6-2/h10-11,13H,3,5-8H2,1-2,4H3/t10?,11-/m1/s1. The van der Waals surface area contributed by atoms with Gasteiger partial charge in [-0.05, 0) is 20.3 Å². The molecule has 0 aliphatic carbocycles. The zero-order valence-corrected chi connectivity index (χ0v) is 9.95. The topological polar surface area (TPSA) is 46.5 Å². The van der Waals surface area contributed by atoms with Crippen LogP contribution >= 0.6 is 0 Å². The minimum Gasteiger partial charge on any atom is -0.464 e. The zero-order chi connectivity index (χ0) is 11.8. The Morgan fingerprint density at radius 3 is 2.47 bits per heavy atom. The van der Waals surface area contributed by atoms with E-state index in [2.05, 4.69) is 13.5 Å². The van der Waals surface area contributed by atoms with Crippen molar-refractivity contribution in [2.75, 3.05) is 6.61 Å². The maximum atomic E-state index is 11.3. The Balaban J connectivity index is 4.33. The fourth-order valence-electron chi connectivity index (χ4n) is 1.49. The molecule has 0 spiro atoms. The van der Waals surface area contributed by atoms with Crippen LogP contribution < -0.4 is 0 Å². The van der Waals surface area contributed by atoms with Crippen molar-refractivity contribution in [2.45, 2.75) is 46.1 Å². The molecule has 88 valence electrons. The maximum absolute atomic E-state index is 11.3. The van der Waals surface area contributed by atoms with E-state index in [0.29, 0.717) is 6.61 Å². The van der Waals surface area contributed by atoms with Gasteiger partial charge in [0.1, 0.15) is 0 Å². The van der Waals surface area contributed by atoms with Crippen molar-refractivity contribution in [3.63, 3.8) is 0 Å². The zero-order valence-electron chi connectivity index (χ0n) is 9.95. The monoisotopic (exact) mass is 214 g/mol. The molecule has 3 nitrogen and oxygen atoms in total. The van der Waals surface area contributed by atoms with E-state index in [4.69, 9.17) is 4.74 Å². The number of esters is 1. The van der Waals surface area contributed by atoms with Gasteiger partial charge in [-0.25, -0.2) is 4.79 Å². The van der Waals surface area contributed by atoms with Crippen LogP contribution in [-0.4, -0.2) is 23.8 Å². The third-order valence-electron chi connectivity index (χ3n) is 2.41. The summed E-state index contributed by atoms with van der Waals surface area (Å²) in [5.41, 5.74) is 0.837. The molecule has 0 saturated carbocycles. The Morgan fingerprint density at radius 1 is 1.47 bits per heavy atom. The molecule has 0 aromatic carbocycles.